The molecule has 0 unspecified atom stereocenters. The average molecular weight is 311 g/mol. The standard InChI is InChI=1S/C13H15BrN2O2/c1-16-8-15-13(14)10(16)6-9-4-5-11(17-2)12(7-9)18-3/h4-5,7-8H,6H2,1-3H3. The van der Waals surface area contributed by atoms with Crippen molar-refractivity contribution in [3.05, 3.63) is 40.4 Å². The van der Waals surface area contributed by atoms with Crippen LogP contribution in [-0.2, 0) is 13.5 Å². The number of aryl methyl sites for hydroxylation is 1. The third-order valence-electron chi connectivity index (χ3n) is 2.83. The van der Waals surface area contributed by atoms with Crippen molar-refractivity contribution in [3.8, 4) is 11.5 Å². The minimum atomic E-state index is 0.741. The van der Waals surface area contributed by atoms with Crippen LogP contribution in [-0.4, -0.2) is 23.8 Å². The smallest absolute Gasteiger partial charge is 0.160 e. The Labute approximate surface area is 115 Å². The van der Waals surface area contributed by atoms with Crippen molar-refractivity contribution < 1.29 is 9.47 Å². The fourth-order valence-corrected chi connectivity index (χ4v) is 2.32. The number of aromatic nitrogens is 2. The van der Waals surface area contributed by atoms with Crippen molar-refractivity contribution in [2.45, 2.75) is 6.42 Å². The zero-order chi connectivity index (χ0) is 13.1. The van der Waals surface area contributed by atoms with Crippen LogP contribution >= 0.6 is 15.9 Å². The molecule has 0 spiro atoms. The van der Waals surface area contributed by atoms with Gasteiger partial charge in [-0.2, -0.15) is 0 Å². The lowest BCUT2D eigenvalue weighted by Gasteiger charge is -2.10. The fourth-order valence-electron chi connectivity index (χ4n) is 1.81. The predicted molar refractivity (Wildman–Crippen MR) is 73.3 cm³/mol. The van der Waals surface area contributed by atoms with Crippen LogP contribution in [0, 0.1) is 0 Å². The van der Waals surface area contributed by atoms with Gasteiger partial charge in [-0.3, -0.25) is 0 Å². The third-order valence-corrected chi connectivity index (χ3v) is 3.49. The molecule has 0 aliphatic carbocycles. The van der Waals surface area contributed by atoms with Gasteiger partial charge in [-0.1, -0.05) is 6.07 Å². The molecule has 2 aromatic rings. The van der Waals surface area contributed by atoms with E-state index in [9.17, 15) is 0 Å². The summed E-state index contributed by atoms with van der Waals surface area (Å²) in [5, 5.41) is 0. The number of nitrogens with zero attached hydrogens (tertiary/aromatic N) is 2. The number of benzene rings is 1. The Morgan fingerprint density at radius 1 is 1.22 bits per heavy atom. The zero-order valence-corrected chi connectivity index (χ0v) is 12.2. The van der Waals surface area contributed by atoms with Crippen molar-refractivity contribution >= 4 is 15.9 Å². The molecule has 0 saturated heterocycles. The number of hydrogen-bond donors (Lipinski definition) is 0. The number of halogens is 1. The Kier molecular flexibility index (Phi) is 3.91. The predicted octanol–water partition coefficient (Wildman–Crippen LogP) is 2.79. The number of ether oxygens (including phenoxy) is 2. The van der Waals surface area contributed by atoms with Crippen LogP contribution < -0.4 is 9.47 Å². The van der Waals surface area contributed by atoms with Crippen molar-refractivity contribution in [2.24, 2.45) is 7.05 Å². The molecule has 0 aliphatic heterocycles. The molecule has 5 heteroatoms. The van der Waals surface area contributed by atoms with Crippen LogP contribution in [0.25, 0.3) is 0 Å². The first-order valence-corrected chi connectivity index (χ1v) is 6.31. The van der Waals surface area contributed by atoms with Crippen LogP contribution in [0.1, 0.15) is 11.3 Å². The van der Waals surface area contributed by atoms with E-state index in [4.69, 9.17) is 9.47 Å². The van der Waals surface area contributed by atoms with Crippen LogP contribution in [0.2, 0.25) is 0 Å². The van der Waals surface area contributed by atoms with Gasteiger partial charge in [0.05, 0.1) is 26.2 Å². The van der Waals surface area contributed by atoms with E-state index in [1.54, 1.807) is 20.5 Å². The van der Waals surface area contributed by atoms with E-state index < -0.39 is 0 Å². The quantitative estimate of drug-likeness (QED) is 0.871. The maximum Gasteiger partial charge on any atom is 0.160 e. The second-order valence-corrected chi connectivity index (χ2v) is 4.71. The van der Waals surface area contributed by atoms with Gasteiger partial charge in [-0.15, -0.1) is 0 Å². The van der Waals surface area contributed by atoms with E-state index >= 15 is 0 Å². The van der Waals surface area contributed by atoms with Crippen LogP contribution in [0.5, 0.6) is 11.5 Å². The van der Waals surface area contributed by atoms with E-state index in [0.717, 1.165) is 33.8 Å². The van der Waals surface area contributed by atoms with Crippen molar-refractivity contribution in [1.29, 1.82) is 0 Å². The molecular formula is C13H15BrN2O2. The molecule has 1 heterocycles. The maximum atomic E-state index is 5.30. The van der Waals surface area contributed by atoms with Gasteiger partial charge in [0, 0.05) is 13.5 Å². The summed E-state index contributed by atoms with van der Waals surface area (Å²) in [5.74, 6) is 1.48. The number of hydrogen-bond acceptors (Lipinski definition) is 3. The zero-order valence-electron chi connectivity index (χ0n) is 10.6. The van der Waals surface area contributed by atoms with Gasteiger partial charge >= 0.3 is 0 Å². The molecule has 1 aromatic carbocycles. The topological polar surface area (TPSA) is 36.3 Å². The molecule has 0 radical (unpaired) electrons. The molecule has 0 N–H and O–H groups in total. The Balaban J connectivity index is 2.30. The summed E-state index contributed by atoms with van der Waals surface area (Å²) in [6, 6.07) is 5.93. The lowest BCUT2D eigenvalue weighted by atomic mass is 10.1. The summed E-state index contributed by atoms with van der Waals surface area (Å²) >= 11 is 3.45. The van der Waals surface area contributed by atoms with Gasteiger partial charge in [-0.25, -0.2) is 4.98 Å². The highest BCUT2D eigenvalue weighted by atomic mass is 79.9. The van der Waals surface area contributed by atoms with Gasteiger partial charge in [0.25, 0.3) is 0 Å². The largest absolute Gasteiger partial charge is 0.493 e. The van der Waals surface area contributed by atoms with Gasteiger partial charge in [0.2, 0.25) is 0 Å². The minimum Gasteiger partial charge on any atom is -0.493 e. The Morgan fingerprint density at radius 3 is 2.50 bits per heavy atom. The van der Waals surface area contributed by atoms with E-state index in [2.05, 4.69) is 20.9 Å². The number of rotatable bonds is 4. The number of methoxy groups -OCH3 is 2. The van der Waals surface area contributed by atoms with Gasteiger partial charge < -0.3 is 14.0 Å². The molecule has 0 aliphatic rings. The maximum absolute atomic E-state index is 5.30. The SMILES string of the molecule is COc1ccc(Cc2c(Br)ncn2C)cc1OC. The third kappa shape index (κ3) is 2.51. The summed E-state index contributed by atoms with van der Waals surface area (Å²) in [4.78, 5) is 4.21. The second-order valence-electron chi connectivity index (χ2n) is 3.96. The summed E-state index contributed by atoms with van der Waals surface area (Å²) in [6.07, 6.45) is 2.58. The van der Waals surface area contributed by atoms with Gasteiger partial charge in [0.1, 0.15) is 4.60 Å². The van der Waals surface area contributed by atoms with Crippen molar-refractivity contribution in [2.75, 3.05) is 14.2 Å². The van der Waals surface area contributed by atoms with E-state index in [-0.39, 0.29) is 0 Å². The highest BCUT2D eigenvalue weighted by Crippen LogP contribution is 2.29. The van der Waals surface area contributed by atoms with Crippen molar-refractivity contribution in [1.82, 2.24) is 9.55 Å². The molecule has 0 amide bonds. The molecular weight excluding hydrogens is 296 g/mol. The molecule has 0 atom stereocenters. The molecule has 2 rings (SSSR count). The number of imidazole rings is 1. The fraction of sp³-hybridized carbons (Fsp3) is 0.308. The molecule has 4 nitrogen and oxygen atoms in total. The molecule has 96 valence electrons. The van der Waals surface area contributed by atoms with Crippen molar-refractivity contribution in [3.63, 3.8) is 0 Å². The highest BCUT2D eigenvalue weighted by molar-refractivity contribution is 9.10. The minimum absolute atomic E-state index is 0.741. The Bertz CT molecular complexity index is 532. The van der Waals surface area contributed by atoms with E-state index in [1.807, 2.05) is 29.8 Å². The monoisotopic (exact) mass is 310 g/mol. The first kappa shape index (κ1) is 13.0. The van der Waals surface area contributed by atoms with Gasteiger partial charge in [0.15, 0.2) is 11.5 Å². The average Bonchev–Trinajstić information content (AvgIpc) is 2.70. The molecule has 18 heavy (non-hydrogen) atoms. The van der Waals surface area contributed by atoms with Crippen LogP contribution in [0.4, 0.5) is 0 Å². The summed E-state index contributed by atoms with van der Waals surface area (Å²) in [5.41, 5.74) is 2.28. The summed E-state index contributed by atoms with van der Waals surface area (Å²) in [7, 11) is 5.25. The second kappa shape index (κ2) is 5.44. The Morgan fingerprint density at radius 2 is 1.94 bits per heavy atom. The molecule has 1 aromatic heterocycles. The van der Waals surface area contributed by atoms with Gasteiger partial charge in [-0.05, 0) is 33.6 Å². The summed E-state index contributed by atoms with van der Waals surface area (Å²) < 4.78 is 13.4. The molecule has 0 saturated carbocycles. The normalized spacial score (nSPS) is 10.4. The van der Waals surface area contributed by atoms with Crippen LogP contribution in [0.15, 0.2) is 29.1 Å². The Hall–Kier alpha value is -1.49. The lowest BCUT2D eigenvalue weighted by molar-refractivity contribution is 0.354. The van der Waals surface area contributed by atoms with E-state index in [1.165, 1.54) is 0 Å². The highest BCUT2D eigenvalue weighted by Gasteiger charge is 2.09. The first-order chi connectivity index (χ1) is 8.65. The van der Waals surface area contributed by atoms with E-state index in [0.29, 0.717) is 0 Å². The lowest BCUT2D eigenvalue weighted by Crippen LogP contribution is -1.98. The molecule has 0 bridgehead atoms. The molecule has 0 fully saturated rings. The summed E-state index contributed by atoms with van der Waals surface area (Å²) in [6.45, 7) is 0. The first-order valence-electron chi connectivity index (χ1n) is 5.52. The van der Waals surface area contributed by atoms with Crippen LogP contribution in [0.3, 0.4) is 0 Å².